The van der Waals surface area contributed by atoms with Crippen LogP contribution in [0.5, 0.6) is 0 Å². The number of hydrogen-bond donors (Lipinski definition) is 0. The standard InChI is InChI=1S/C18H19N5OS/c24-16-6-5-14(12-3-4-12)21-23(16)10-13-2-1-8-22(13)18-17-15(7-9-25-17)19-11-20-18/h5-7,9,11-13H,1-4,8,10H2. The van der Waals surface area contributed by atoms with E-state index in [0.29, 0.717) is 12.5 Å². The topological polar surface area (TPSA) is 63.9 Å². The summed E-state index contributed by atoms with van der Waals surface area (Å²) in [5, 5.41) is 6.68. The number of rotatable bonds is 4. The summed E-state index contributed by atoms with van der Waals surface area (Å²) in [6, 6.07) is 5.84. The maximum absolute atomic E-state index is 12.3. The molecule has 0 spiro atoms. The highest BCUT2D eigenvalue weighted by Gasteiger charge is 2.29. The molecule has 3 aromatic rings. The third-order valence-electron chi connectivity index (χ3n) is 5.14. The second-order valence-corrected chi connectivity index (χ2v) is 7.79. The summed E-state index contributed by atoms with van der Waals surface area (Å²) in [6.07, 6.45) is 6.19. The van der Waals surface area contributed by atoms with Crippen LogP contribution in [0, 0.1) is 0 Å². The van der Waals surface area contributed by atoms with Crippen LogP contribution in [-0.2, 0) is 6.54 Å². The Bertz CT molecular complexity index is 977. The molecule has 1 aliphatic carbocycles. The van der Waals surface area contributed by atoms with Crippen molar-refractivity contribution in [3.05, 3.63) is 46.0 Å². The first-order valence-corrected chi connectivity index (χ1v) is 9.70. The summed E-state index contributed by atoms with van der Waals surface area (Å²) in [5.41, 5.74) is 2.04. The minimum atomic E-state index is -0.0137. The van der Waals surface area contributed by atoms with Gasteiger partial charge in [0.1, 0.15) is 12.1 Å². The van der Waals surface area contributed by atoms with Crippen molar-refractivity contribution in [3.63, 3.8) is 0 Å². The second-order valence-electron chi connectivity index (χ2n) is 6.87. The molecule has 0 aromatic carbocycles. The summed E-state index contributed by atoms with van der Waals surface area (Å²) in [6.45, 7) is 1.59. The molecule has 7 heteroatoms. The fourth-order valence-corrected chi connectivity index (χ4v) is 4.53. The van der Waals surface area contributed by atoms with E-state index in [1.54, 1.807) is 28.4 Å². The maximum Gasteiger partial charge on any atom is 0.266 e. The predicted octanol–water partition coefficient (Wildman–Crippen LogP) is 2.79. The van der Waals surface area contributed by atoms with Crippen LogP contribution in [0.3, 0.4) is 0 Å². The lowest BCUT2D eigenvalue weighted by molar-refractivity contribution is 0.481. The number of hydrogen-bond acceptors (Lipinski definition) is 6. The number of fused-ring (bicyclic) bond motifs is 1. The van der Waals surface area contributed by atoms with Gasteiger partial charge in [-0.25, -0.2) is 14.6 Å². The Balaban J connectivity index is 1.47. The largest absolute Gasteiger partial charge is 0.350 e. The molecule has 2 fully saturated rings. The van der Waals surface area contributed by atoms with Gasteiger partial charge in [-0.05, 0) is 43.2 Å². The third-order valence-corrected chi connectivity index (χ3v) is 6.04. The average molecular weight is 353 g/mol. The molecule has 25 heavy (non-hydrogen) atoms. The van der Waals surface area contributed by atoms with Crippen molar-refractivity contribution < 1.29 is 0 Å². The minimum absolute atomic E-state index is 0.0137. The van der Waals surface area contributed by atoms with Gasteiger partial charge in [0, 0.05) is 18.5 Å². The van der Waals surface area contributed by atoms with Crippen LogP contribution in [0.4, 0.5) is 5.82 Å². The first-order chi connectivity index (χ1) is 12.3. The van der Waals surface area contributed by atoms with Crippen molar-refractivity contribution in [1.29, 1.82) is 0 Å². The monoisotopic (exact) mass is 353 g/mol. The Hall–Kier alpha value is -2.28. The Morgan fingerprint density at radius 2 is 2.08 bits per heavy atom. The lowest BCUT2D eigenvalue weighted by Gasteiger charge is -2.26. The zero-order valence-corrected chi connectivity index (χ0v) is 14.7. The SMILES string of the molecule is O=c1ccc(C2CC2)nn1CC1CCCN1c1ncnc2ccsc12. The molecule has 128 valence electrons. The summed E-state index contributed by atoms with van der Waals surface area (Å²) >= 11 is 1.68. The predicted molar refractivity (Wildman–Crippen MR) is 98.3 cm³/mol. The van der Waals surface area contributed by atoms with Crippen molar-refractivity contribution in [2.24, 2.45) is 0 Å². The Labute approximate surface area is 149 Å². The maximum atomic E-state index is 12.3. The molecule has 6 nitrogen and oxygen atoms in total. The van der Waals surface area contributed by atoms with E-state index in [1.165, 1.54) is 12.8 Å². The molecule has 1 saturated heterocycles. The molecule has 0 N–H and O–H groups in total. The van der Waals surface area contributed by atoms with E-state index >= 15 is 0 Å². The molecule has 1 saturated carbocycles. The number of aromatic nitrogens is 4. The van der Waals surface area contributed by atoms with Crippen molar-refractivity contribution in [3.8, 4) is 0 Å². The van der Waals surface area contributed by atoms with Crippen molar-refractivity contribution >= 4 is 27.4 Å². The van der Waals surface area contributed by atoms with Crippen LogP contribution in [0.1, 0.15) is 37.3 Å². The quantitative estimate of drug-likeness (QED) is 0.722. The van der Waals surface area contributed by atoms with E-state index in [-0.39, 0.29) is 11.6 Å². The molecule has 0 amide bonds. The van der Waals surface area contributed by atoms with Crippen LogP contribution in [-0.4, -0.2) is 32.3 Å². The first-order valence-electron chi connectivity index (χ1n) is 8.82. The van der Waals surface area contributed by atoms with E-state index < -0.39 is 0 Å². The number of nitrogens with zero attached hydrogens (tertiary/aromatic N) is 5. The van der Waals surface area contributed by atoms with Crippen LogP contribution >= 0.6 is 11.3 Å². The highest BCUT2D eigenvalue weighted by Crippen LogP contribution is 2.38. The van der Waals surface area contributed by atoms with E-state index in [0.717, 1.165) is 41.1 Å². The van der Waals surface area contributed by atoms with Gasteiger partial charge in [-0.1, -0.05) is 0 Å². The van der Waals surface area contributed by atoms with E-state index in [9.17, 15) is 4.79 Å². The molecule has 0 radical (unpaired) electrons. The molecule has 5 rings (SSSR count). The van der Waals surface area contributed by atoms with Crippen LogP contribution in [0.15, 0.2) is 34.7 Å². The lowest BCUT2D eigenvalue weighted by Crippen LogP contribution is -2.37. The van der Waals surface area contributed by atoms with Gasteiger partial charge >= 0.3 is 0 Å². The number of anilines is 1. The lowest BCUT2D eigenvalue weighted by atomic mass is 10.2. The Morgan fingerprint density at radius 1 is 1.16 bits per heavy atom. The number of thiophene rings is 1. The highest BCUT2D eigenvalue weighted by atomic mass is 32.1. The van der Waals surface area contributed by atoms with Gasteiger partial charge in [-0.3, -0.25) is 4.79 Å². The highest BCUT2D eigenvalue weighted by molar-refractivity contribution is 7.17. The third kappa shape index (κ3) is 2.72. The summed E-state index contributed by atoms with van der Waals surface area (Å²) in [5.74, 6) is 1.55. The Kier molecular flexibility index (Phi) is 3.55. The summed E-state index contributed by atoms with van der Waals surface area (Å²) in [7, 11) is 0. The molecule has 2 aliphatic rings. The van der Waals surface area contributed by atoms with Crippen molar-refractivity contribution in [1.82, 2.24) is 19.7 Å². The normalized spacial score (nSPS) is 20.5. The second kappa shape index (κ2) is 5.91. The van der Waals surface area contributed by atoms with Gasteiger partial charge in [-0.2, -0.15) is 5.10 Å². The van der Waals surface area contributed by atoms with Crippen LogP contribution in [0.25, 0.3) is 10.2 Å². The van der Waals surface area contributed by atoms with E-state index in [1.807, 2.05) is 12.1 Å². The summed E-state index contributed by atoms with van der Waals surface area (Å²) in [4.78, 5) is 23.5. The zero-order valence-electron chi connectivity index (χ0n) is 13.8. The molecule has 3 aromatic heterocycles. The Morgan fingerprint density at radius 3 is 2.96 bits per heavy atom. The van der Waals surface area contributed by atoms with Gasteiger partial charge in [0.2, 0.25) is 0 Å². The fourth-order valence-electron chi connectivity index (χ4n) is 3.68. The fraction of sp³-hybridized carbons (Fsp3) is 0.444. The minimum Gasteiger partial charge on any atom is -0.350 e. The average Bonchev–Trinajstić information content (AvgIpc) is 3.18. The molecular weight excluding hydrogens is 334 g/mol. The molecule has 1 aliphatic heterocycles. The zero-order chi connectivity index (χ0) is 16.8. The molecule has 1 unspecified atom stereocenters. The van der Waals surface area contributed by atoms with E-state index in [4.69, 9.17) is 0 Å². The van der Waals surface area contributed by atoms with E-state index in [2.05, 4.69) is 25.3 Å². The van der Waals surface area contributed by atoms with Gasteiger partial charge in [-0.15, -0.1) is 11.3 Å². The molecule has 0 bridgehead atoms. The smallest absolute Gasteiger partial charge is 0.266 e. The van der Waals surface area contributed by atoms with Gasteiger partial charge in [0.15, 0.2) is 0 Å². The van der Waals surface area contributed by atoms with Gasteiger partial charge in [0.25, 0.3) is 5.56 Å². The molecule has 4 heterocycles. The van der Waals surface area contributed by atoms with Gasteiger partial charge < -0.3 is 4.90 Å². The summed E-state index contributed by atoms with van der Waals surface area (Å²) < 4.78 is 2.78. The van der Waals surface area contributed by atoms with Gasteiger partial charge in [0.05, 0.1) is 28.5 Å². The van der Waals surface area contributed by atoms with Crippen LogP contribution in [0.2, 0.25) is 0 Å². The van der Waals surface area contributed by atoms with Crippen molar-refractivity contribution in [2.75, 3.05) is 11.4 Å². The molecular formula is C18H19N5OS. The molecule has 1 atom stereocenters. The van der Waals surface area contributed by atoms with Crippen LogP contribution < -0.4 is 10.5 Å². The van der Waals surface area contributed by atoms with Crippen molar-refractivity contribution in [2.45, 2.75) is 44.2 Å². The first kappa shape index (κ1) is 15.0.